The van der Waals surface area contributed by atoms with Crippen LogP contribution < -0.4 is 5.32 Å². The average Bonchev–Trinajstić information content (AvgIpc) is 2.98. The molecule has 2 aliphatic rings. The first-order chi connectivity index (χ1) is 10.1. The van der Waals surface area contributed by atoms with E-state index in [9.17, 15) is 4.79 Å². The molecule has 3 unspecified atom stereocenters. The number of hydrogen-bond acceptors (Lipinski definition) is 3. The Kier molecular flexibility index (Phi) is 4.15. The predicted molar refractivity (Wildman–Crippen MR) is 83.5 cm³/mol. The molecule has 0 spiro atoms. The first-order valence-corrected chi connectivity index (χ1v) is 7.87. The summed E-state index contributed by atoms with van der Waals surface area (Å²) in [7, 11) is 1.90. The van der Waals surface area contributed by atoms with E-state index in [2.05, 4.69) is 24.4 Å². The van der Waals surface area contributed by atoms with Crippen LogP contribution in [-0.2, 0) is 9.53 Å². The molecule has 0 aromatic heterocycles. The van der Waals surface area contributed by atoms with Crippen molar-refractivity contribution >= 4 is 11.6 Å². The Labute approximate surface area is 126 Å². The number of anilines is 1. The standard InChI is InChI=1S/C17H24N2O2/c1-12-10-15(14-7-3-4-8-16(14)18-12)17(20)19(2)11-13-6-5-9-21-13/h3-4,7-8,12-13,15,18H,5-6,9-11H2,1-2H3. The van der Waals surface area contributed by atoms with Crippen molar-refractivity contribution in [2.75, 3.05) is 25.5 Å². The van der Waals surface area contributed by atoms with Crippen molar-refractivity contribution in [3.05, 3.63) is 29.8 Å². The van der Waals surface area contributed by atoms with Crippen LogP contribution >= 0.6 is 0 Å². The summed E-state index contributed by atoms with van der Waals surface area (Å²) in [5.41, 5.74) is 2.22. The highest BCUT2D eigenvalue weighted by Crippen LogP contribution is 2.35. The summed E-state index contributed by atoms with van der Waals surface area (Å²) in [4.78, 5) is 14.7. The molecule has 0 saturated carbocycles. The summed E-state index contributed by atoms with van der Waals surface area (Å²) in [6.07, 6.45) is 3.25. The summed E-state index contributed by atoms with van der Waals surface area (Å²) >= 11 is 0. The molecular weight excluding hydrogens is 264 g/mol. The third-order valence-electron chi connectivity index (χ3n) is 4.50. The number of rotatable bonds is 3. The first-order valence-electron chi connectivity index (χ1n) is 7.87. The van der Waals surface area contributed by atoms with Crippen molar-refractivity contribution < 1.29 is 9.53 Å². The minimum atomic E-state index is -0.0381. The van der Waals surface area contributed by atoms with E-state index in [1.54, 1.807) is 0 Å². The maximum absolute atomic E-state index is 12.8. The highest BCUT2D eigenvalue weighted by molar-refractivity contribution is 5.86. The number of hydrogen-bond donors (Lipinski definition) is 1. The number of ether oxygens (including phenoxy) is 1. The van der Waals surface area contributed by atoms with Crippen LogP contribution in [0.1, 0.15) is 37.7 Å². The van der Waals surface area contributed by atoms with Crippen LogP contribution in [0.2, 0.25) is 0 Å². The van der Waals surface area contributed by atoms with E-state index in [1.807, 2.05) is 24.1 Å². The van der Waals surface area contributed by atoms with E-state index in [-0.39, 0.29) is 17.9 Å². The topological polar surface area (TPSA) is 41.6 Å². The van der Waals surface area contributed by atoms with E-state index in [0.717, 1.165) is 37.1 Å². The first kappa shape index (κ1) is 14.4. The van der Waals surface area contributed by atoms with Gasteiger partial charge in [0.15, 0.2) is 0 Å². The second kappa shape index (κ2) is 6.06. The van der Waals surface area contributed by atoms with Gasteiger partial charge in [-0.2, -0.15) is 0 Å². The Bertz CT molecular complexity index is 511. The summed E-state index contributed by atoms with van der Waals surface area (Å²) in [6, 6.07) is 8.48. The molecule has 4 nitrogen and oxygen atoms in total. The molecule has 0 radical (unpaired) electrons. The predicted octanol–water partition coefficient (Wildman–Crippen LogP) is 2.61. The molecule has 1 fully saturated rings. The van der Waals surface area contributed by atoms with Crippen molar-refractivity contribution in [2.45, 2.75) is 44.2 Å². The van der Waals surface area contributed by atoms with Gasteiger partial charge in [0, 0.05) is 31.9 Å². The third-order valence-corrected chi connectivity index (χ3v) is 4.50. The van der Waals surface area contributed by atoms with Crippen LogP contribution in [0.4, 0.5) is 5.69 Å². The molecule has 1 aromatic carbocycles. The van der Waals surface area contributed by atoms with Crippen LogP contribution in [0.3, 0.4) is 0 Å². The smallest absolute Gasteiger partial charge is 0.230 e. The van der Waals surface area contributed by atoms with Crippen molar-refractivity contribution in [2.24, 2.45) is 0 Å². The van der Waals surface area contributed by atoms with Crippen molar-refractivity contribution in [3.8, 4) is 0 Å². The van der Waals surface area contributed by atoms with Crippen molar-refractivity contribution in [1.29, 1.82) is 0 Å². The zero-order chi connectivity index (χ0) is 14.8. The molecule has 3 rings (SSSR count). The Morgan fingerprint density at radius 1 is 1.43 bits per heavy atom. The second-order valence-electron chi connectivity index (χ2n) is 6.27. The van der Waals surface area contributed by atoms with Crippen LogP contribution in [0.15, 0.2) is 24.3 Å². The number of nitrogens with zero attached hydrogens (tertiary/aromatic N) is 1. The lowest BCUT2D eigenvalue weighted by atomic mass is 9.86. The van der Waals surface area contributed by atoms with E-state index < -0.39 is 0 Å². The minimum absolute atomic E-state index is 0.0381. The van der Waals surface area contributed by atoms with Crippen molar-refractivity contribution in [1.82, 2.24) is 4.90 Å². The fourth-order valence-electron chi connectivity index (χ4n) is 3.42. The number of carbonyl (C=O) groups is 1. The molecule has 21 heavy (non-hydrogen) atoms. The van der Waals surface area contributed by atoms with Gasteiger partial charge in [0.2, 0.25) is 5.91 Å². The quantitative estimate of drug-likeness (QED) is 0.929. The number of carbonyl (C=O) groups excluding carboxylic acids is 1. The van der Waals surface area contributed by atoms with Gasteiger partial charge in [-0.3, -0.25) is 4.79 Å². The van der Waals surface area contributed by atoms with E-state index in [4.69, 9.17) is 4.74 Å². The molecule has 4 heteroatoms. The highest BCUT2D eigenvalue weighted by Gasteiger charge is 2.32. The fourth-order valence-corrected chi connectivity index (χ4v) is 3.42. The average molecular weight is 288 g/mol. The lowest BCUT2D eigenvalue weighted by Gasteiger charge is -2.33. The van der Waals surface area contributed by atoms with Gasteiger partial charge in [0.25, 0.3) is 0 Å². The monoisotopic (exact) mass is 288 g/mol. The minimum Gasteiger partial charge on any atom is -0.382 e. The van der Waals surface area contributed by atoms with Gasteiger partial charge in [-0.15, -0.1) is 0 Å². The molecule has 3 atom stereocenters. The summed E-state index contributed by atoms with van der Waals surface area (Å²) in [5, 5.41) is 3.46. The molecule has 1 amide bonds. The molecule has 1 aromatic rings. The van der Waals surface area contributed by atoms with Gasteiger partial charge in [-0.1, -0.05) is 18.2 Å². The number of fused-ring (bicyclic) bond motifs is 1. The van der Waals surface area contributed by atoms with Crippen molar-refractivity contribution in [3.63, 3.8) is 0 Å². The van der Waals surface area contributed by atoms with Gasteiger partial charge in [0.05, 0.1) is 12.0 Å². The molecule has 114 valence electrons. The zero-order valence-corrected chi connectivity index (χ0v) is 12.8. The number of benzene rings is 1. The summed E-state index contributed by atoms with van der Waals surface area (Å²) in [5.74, 6) is 0.176. The van der Waals surface area contributed by atoms with E-state index >= 15 is 0 Å². The van der Waals surface area contributed by atoms with E-state index in [0.29, 0.717) is 12.6 Å². The van der Waals surface area contributed by atoms with Gasteiger partial charge < -0.3 is 15.0 Å². The molecule has 2 aliphatic heterocycles. The van der Waals surface area contributed by atoms with Crippen LogP contribution in [0.25, 0.3) is 0 Å². The Morgan fingerprint density at radius 2 is 2.24 bits per heavy atom. The van der Waals surface area contributed by atoms with Gasteiger partial charge in [-0.05, 0) is 37.8 Å². The van der Waals surface area contributed by atoms with Crippen LogP contribution in [0.5, 0.6) is 0 Å². The Morgan fingerprint density at radius 3 is 3.00 bits per heavy atom. The van der Waals surface area contributed by atoms with Crippen LogP contribution in [-0.4, -0.2) is 43.2 Å². The fraction of sp³-hybridized carbons (Fsp3) is 0.588. The maximum atomic E-state index is 12.8. The van der Waals surface area contributed by atoms with Gasteiger partial charge >= 0.3 is 0 Å². The molecule has 2 heterocycles. The third kappa shape index (κ3) is 3.05. The normalized spacial score (nSPS) is 27.8. The number of nitrogens with one attached hydrogen (secondary N) is 1. The van der Waals surface area contributed by atoms with E-state index in [1.165, 1.54) is 0 Å². The number of likely N-dealkylation sites (N-methyl/N-ethyl adjacent to an activating group) is 1. The molecular formula is C17H24N2O2. The lowest BCUT2D eigenvalue weighted by molar-refractivity contribution is -0.133. The summed E-state index contributed by atoms with van der Waals surface area (Å²) in [6.45, 7) is 3.68. The highest BCUT2D eigenvalue weighted by atomic mass is 16.5. The SMILES string of the molecule is CC1CC(C(=O)N(C)CC2CCCO2)c2ccccc2N1. The maximum Gasteiger partial charge on any atom is 0.230 e. The number of amides is 1. The molecule has 1 saturated heterocycles. The molecule has 0 bridgehead atoms. The van der Waals surface area contributed by atoms with Gasteiger partial charge in [0.1, 0.15) is 0 Å². The molecule has 1 N–H and O–H groups in total. The summed E-state index contributed by atoms with van der Waals surface area (Å²) < 4.78 is 5.65. The molecule has 0 aliphatic carbocycles. The Hall–Kier alpha value is -1.55. The largest absolute Gasteiger partial charge is 0.382 e. The Balaban J connectivity index is 1.74. The van der Waals surface area contributed by atoms with Gasteiger partial charge in [-0.25, -0.2) is 0 Å². The second-order valence-corrected chi connectivity index (χ2v) is 6.27. The zero-order valence-electron chi connectivity index (χ0n) is 12.8. The number of para-hydroxylation sites is 1. The lowest BCUT2D eigenvalue weighted by Crippen LogP contribution is -2.40. The van der Waals surface area contributed by atoms with Crippen LogP contribution in [0, 0.1) is 0 Å².